The second kappa shape index (κ2) is 10.1. The Bertz CT molecular complexity index is 1410. The maximum absolute atomic E-state index is 14.2. The summed E-state index contributed by atoms with van der Waals surface area (Å²) >= 11 is 3.62. The zero-order valence-corrected chi connectivity index (χ0v) is 28.9. The molecule has 1 aromatic rings. The van der Waals surface area contributed by atoms with Crippen molar-refractivity contribution in [2.24, 2.45) is 56.7 Å². The van der Waals surface area contributed by atoms with Crippen LogP contribution in [0.3, 0.4) is 0 Å². The Kier molecular flexibility index (Phi) is 7.28. The number of Topliss-reactive ketones (excluding diaryl/α,β-unsaturated/α-hetero) is 1. The number of hydrogen-bond acceptors (Lipinski definition) is 3. The standard InChI is InChI=1S/C38H51BrO4/c1-22(2)26-13-16-38(33(41)42)18-17-36(6)27(31(26)38)10-12-30-35(5)21-24(19-23-20-25(39)9-11-28(23)43-8)32(40)34(3,4)29(35)14-15-37(30,36)7/h9,11,19-20,26-27,29-31H,1,10,12-18,21H2,2-8H3,(H,41,42)/b24-19+/t26-,27+,29-,30+,31+,35-,36+,37+,38-/m0/s1. The molecule has 43 heavy (non-hydrogen) atoms. The van der Waals surface area contributed by atoms with Gasteiger partial charge in [-0.15, -0.1) is 0 Å². The van der Waals surface area contributed by atoms with E-state index in [2.05, 4.69) is 70.1 Å². The van der Waals surface area contributed by atoms with Crippen LogP contribution in [-0.4, -0.2) is 24.0 Å². The summed E-state index contributed by atoms with van der Waals surface area (Å²) in [6.07, 6.45) is 10.8. The first kappa shape index (κ1) is 31.1. The number of rotatable bonds is 4. The van der Waals surface area contributed by atoms with E-state index in [-0.39, 0.29) is 27.9 Å². The molecule has 0 saturated heterocycles. The number of hydrogen-bond donors (Lipinski definition) is 1. The number of ether oxygens (including phenoxy) is 1. The van der Waals surface area contributed by atoms with Crippen LogP contribution in [0.5, 0.6) is 5.75 Å². The molecule has 1 N–H and O–H groups in total. The summed E-state index contributed by atoms with van der Waals surface area (Å²) in [4.78, 5) is 27.2. The van der Waals surface area contributed by atoms with Crippen LogP contribution in [0.2, 0.25) is 0 Å². The number of carbonyl (C=O) groups is 2. The van der Waals surface area contributed by atoms with Gasteiger partial charge in [0.2, 0.25) is 0 Å². The highest BCUT2D eigenvalue weighted by Crippen LogP contribution is 2.77. The molecule has 5 heteroatoms. The van der Waals surface area contributed by atoms with Crippen LogP contribution >= 0.6 is 15.9 Å². The molecule has 0 heterocycles. The second-order valence-corrected chi connectivity index (χ2v) is 17.3. The molecule has 9 atom stereocenters. The van der Waals surface area contributed by atoms with E-state index in [0.29, 0.717) is 23.7 Å². The number of carboxylic acid groups (broad SMARTS) is 1. The summed E-state index contributed by atoms with van der Waals surface area (Å²) in [6.45, 7) is 18.5. The van der Waals surface area contributed by atoms with Crippen LogP contribution in [0.1, 0.15) is 105 Å². The van der Waals surface area contributed by atoms with Gasteiger partial charge in [-0.25, -0.2) is 0 Å². The zero-order chi connectivity index (χ0) is 31.3. The van der Waals surface area contributed by atoms with E-state index in [4.69, 9.17) is 4.74 Å². The van der Waals surface area contributed by atoms with Crippen molar-refractivity contribution in [3.05, 3.63) is 46.0 Å². The smallest absolute Gasteiger partial charge is 0.309 e. The predicted octanol–water partition coefficient (Wildman–Crippen LogP) is 9.76. The van der Waals surface area contributed by atoms with Gasteiger partial charge in [0.1, 0.15) is 5.75 Å². The van der Waals surface area contributed by atoms with Gasteiger partial charge < -0.3 is 9.84 Å². The molecule has 234 valence electrons. The maximum atomic E-state index is 14.2. The molecule has 0 amide bonds. The van der Waals surface area contributed by atoms with Gasteiger partial charge in [0.15, 0.2) is 5.78 Å². The molecule has 1 aromatic carbocycles. The summed E-state index contributed by atoms with van der Waals surface area (Å²) in [6, 6.07) is 5.98. The lowest BCUT2D eigenvalue weighted by molar-refractivity contribution is -0.231. The highest BCUT2D eigenvalue weighted by Gasteiger charge is 2.72. The number of ketones is 1. The Morgan fingerprint density at radius 1 is 1.00 bits per heavy atom. The Balaban J connectivity index is 1.43. The average molecular weight is 652 g/mol. The summed E-state index contributed by atoms with van der Waals surface area (Å²) in [5.74, 6) is 2.15. The van der Waals surface area contributed by atoms with Crippen molar-refractivity contribution >= 4 is 33.8 Å². The number of allylic oxidation sites excluding steroid dienone is 2. The minimum absolute atomic E-state index is 0.0196. The SMILES string of the molecule is C=C(C)[C@@H]1CC[C@]2(C(=O)O)CC[C@]3(C)[C@H](CC[C@@H]4[C@@]5(C)C/C(=C\c6cc(Br)ccc6OC)C(=O)C(C)(C)[C@@H]5CC[C@]43C)[C@@H]12. The third kappa shape index (κ3) is 4.11. The second-order valence-electron chi connectivity index (χ2n) is 16.4. The zero-order valence-electron chi connectivity index (χ0n) is 27.3. The topological polar surface area (TPSA) is 63.6 Å². The van der Waals surface area contributed by atoms with Crippen molar-refractivity contribution in [1.82, 2.24) is 0 Å². The van der Waals surface area contributed by atoms with Gasteiger partial charge in [-0.05, 0) is 140 Å². The van der Waals surface area contributed by atoms with Crippen LogP contribution in [0.25, 0.3) is 6.08 Å². The lowest BCUT2D eigenvalue weighted by Crippen LogP contribution is -2.67. The van der Waals surface area contributed by atoms with Crippen molar-refractivity contribution in [3.63, 3.8) is 0 Å². The highest BCUT2D eigenvalue weighted by atomic mass is 79.9. The number of aliphatic carboxylic acids is 1. The lowest BCUT2D eigenvalue weighted by atomic mass is 9.32. The quantitative estimate of drug-likeness (QED) is 0.260. The predicted molar refractivity (Wildman–Crippen MR) is 176 cm³/mol. The number of carbonyl (C=O) groups excluding carboxylic acids is 1. The first-order valence-electron chi connectivity index (χ1n) is 16.5. The van der Waals surface area contributed by atoms with Gasteiger partial charge in [0.05, 0.1) is 12.5 Å². The van der Waals surface area contributed by atoms with Crippen molar-refractivity contribution in [2.75, 3.05) is 7.11 Å². The molecule has 6 rings (SSSR count). The normalized spacial score (nSPS) is 44.1. The number of benzene rings is 1. The molecule has 0 spiro atoms. The van der Waals surface area contributed by atoms with E-state index in [0.717, 1.165) is 79.1 Å². The molecule has 5 fully saturated rings. The molecule has 5 aliphatic rings. The minimum atomic E-state index is -0.601. The maximum Gasteiger partial charge on any atom is 0.309 e. The van der Waals surface area contributed by atoms with Gasteiger partial charge in [-0.2, -0.15) is 0 Å². The molecule has 4 nitrogen and oxygen atoms in total. The monoisotopic (exact) mass is 650 g/mol. The van der Waals surface area contributed by atoms with Crippen LogP contribution in [0.15, 0.2) is 40.4 Å². The molecule has 5 aliphatic carbocycles. The fraction of sp³-hybridized carbons (Fsp3) is 0.684. The molecular formula is C38H51BrO4. The van der Waals surface area contributed by atoms with Gasteiger partial charge >= 0.3 is 5.97 Å². The summed E-state index contributed by atoms with van der Waals surface area (Å²) in [5, 5.41) is 10.7. The van der Waals surface area contributed by atoms with E-state index >= 15 is 0 Å². The van der Waals surface area contributed by atoms with Crippen molar-refractivity contribution < 1.29 is 19.4 Å². The van der Waals surface area contributed by atoms with E-state index in [1.54, 1.807) is 7.11 Å². The van der Waals surface area contributed by atoms with Gasteiger partial charge in [0, 0.05) is 15.5 Å². The molecular weight excluding hydrogens is 600 g/mol. The van der Waals surface area contributed by atoms with Crippen molar-refractivity contribution in [2.45, 2.75) is 99.3 Å². The van der Waals surface area contributed by atoms with Gasteiger partial charge in [0.25, 0.3) is 0 Å². The lowest BCUT2D eigenvalue weighted by Gasteiger charge is -2.72. The number of fused-ring (bicyclic) bond motifs is 7. The molecule has 0 unspecified atom stereocenters. The van der Waals surface area contributed by atoms with Crippen molar-refractivity contribution in [1.29, 1.82) is 0 Å². The molecule has 5 saturated carbocycles. The average Bonchev–Trinajstić information content (AvgIpc) is 3.34. The van der Waals surface area contributed by atoms with Crippen LogP contribution < -0.4 is 4.74 Å². The fourth-order valence-corrected chi connectivity index (χ4v) is 12.9. The molecule has 0 aromatic heterocycles. The number of carboxylic acids is 1. The largest absolute Gasteiger partial charge is 0.496 e. The van der Waals surface area contributed by atoms with Crippen molar-refractivity contribution in [3.8, 4) is 5.75 Å². The third-order valence-corrected chi connectivity index (χ3v) is 15.1. The summed E-state index contributed by atoms with van der Waals surface area (Å²) in [5.41, 5.74) is 2.12. The van der Waals surface area contributed by atoms with Crippen LogP contribution in [-0.2, 0) is 9.59 Å². The van der Waals surface area contributed by atoms with Gasteiger partial charge in [-0.1, -0.05) is 62.7 Å². The molecule has 0 bridgehead atoms. The van der Waals surface area contributed by atoms with E-state index in [1.165, 1.54) is 5.57 Å². The van der Waals surface area contributed by atoms with E-state index in [1.807, 2.05) is 18.2 Å². The number of halogens is 1. The Hall–Kier alpha value is -1.88. The Morgan fingerprint density at radius 3 is 2.37 bits per heavy atom. The fourth-order valence-electron chi connectivity index (χ4n) is 12.5. The first-order valence-corrected chi connectivity index (χ1v) is 17.3. The molecule has 0 aliphatic heterocycles. The summed E-state index contributed by atoms with van der Waals surface area (Å²) < 4.78 is 6.67. The first-order chi connectivity index (χ1) is 20.1. The van der Waals surface area contributed by atoms with Crippen LogP contribution in [0.4, 0.5) is 0 Å². The Morgan fingerprint density at radius 2 is 1.72 bits per heavy atom. The molecule has 0 radical (unpaired) electrons. The van der Waals surface area contributed by atoms with Crippen LogP contribution in [0, 0.1) is 56.7 Å². The minimum Gasteiger partial charge on any atom is -0.496 e. The number of methoxy groups -OCH3 is 1. The third-order valence-electron chi connectivity index (χ3n) is 14.6. The van der Waals surface area contributed by atoms with Gasteiger partial charge in [-0.3, -0.25) is 9.59 Å². The Labute approximate surface area is 267 Å². The highest BCUT2D eigenvalue weighted by molar-refractivity contribution is 9.10. The summed E-state index contributed by atoms with van der Waals surface area (Å²) in [7, 11) is 1.69. The van der Waals surface area contributed by atoms with E-state index in [9.17, 15) is 14.7 Å². The van der Waals surface area contributed by atoms with E-state index < -0.39 is 16.8 Å².